The fourth-order valence-corrected chi connectivity index (χ4v) is 4.21. The summed E-state index contributed by atoms with van der Waals surface area (Å²) in [6.45, 7) is -0.207. The number of halogens is 3. The van der Waals surface area contributed by atoms with Crippen LogP contribution in [0.1, 0.15) is 36.8 Å². The highest BCUT2D eigenvalue weighted by molar-refractivity contribution is 7.91. The standard InChI is InChI=1S/C16H19F3O4S/c17-16(18,19)14-3-1-2-13(10-14)11-23-15(20)5-4-12-6-8-24(21,22)9-7-12/h1-3,10,12H,4-9,11H2. The SMILES string of the molecule is O=C(CCC1CCS(=O)(=O)CC1)OCc1cccc(C(F)(F)F)c1. The topological polar surface area (TPSA) is 60.4 Å². The lowest BCUT2D eigenvalue weighted by atomic mass is 9.97. The molecule has 0 N–H and O–H groups in total. The number of hydrogen-bond acceptors (Lipinski definition) is 4. The Bertz CT molecular complexity index is 669. The molecule has 0 aromatic heterocycles. The smallest absolute Gasteiger partial charge is 0.416 e. The Balaban J connectivity index is 1.76. The highest BCUT2D eigenvalue weighted by atomic mass is 32.2. The number of carbonyl (C=O) groups excluding carboxylic acids is 1. The van der Waals surface area contributed by atoms with Gasteiger partial charge in [0, 0.05) is 6.42 Å². The molecule has 1 aliphatic rings. The van der Waals surface area contributed by atoms with Crippen molar-refractivity contribution in [1.29, 1.82) is 0 Å². The minimum absolute atomic E-state index is 0.143. The lowest BCUT2D eigenvalue weighted by Crippen LogP contribution is -2.23. The van der Waals surface area contributed by atoms with Gasteiger partial charge in [-0.2, -0.15) is 13.2 Å². The van der Waals surface area contributed by atoms with E-state index >= 15 is 0 Å². The molecule has 1 aliphatic heterocycles. The molecule has 1 aromatic rings. The van der Waals surface area contributed by atoms with E-state index in [1.165, 1.54) is 12.1 Å². The van der Waals surface area contributed by atoms with Crippen LogP contribution in [0.25, 0.3) is 0 Å². The Morgan fingerprint density at radius 2 is 1.88 bits per heavy atom. The third-order valence-corrected chi connectivity index (χ3v) is 5.80. The normalized spacial score (nSPS) is 18.3. The number of carbonyl (C=O) groups is 1. The van der Waals surface area contributed by atoms with Crippen molar-refractivity contribution in [3.63, 3.8) is 0 Å². The summed E-state index contributed by atoms with van der Waals surface area (Å²) in [5.74, 6) is -0.0102. The number of ether oxygens (including phenoxy) is 1. The van der Waals surface area contributed by atoms with Gasteiger partial charge in [-0.25, -0.2) is 8.42 Å². The first kappa shape index (κ1) is 18.8. The largest absolute Gasteiger partial charge is 0.461 e. The quantitative estimate of drug-likeness (QED) is 0.752. The molecule has 0 unspecified atom stereocenters. The van der Waals surface area contributed by atoms with Gasteiger partial charge in [0.05, 0.1) is 17.1 Å². The predicted molar refractivity (Wildman–Crippen MR) is 81.9 cm³/mol. The number of hydrogen-bond donors (Lipinski definition) is 0. The molecule has 1 aromatic carbocycles. The average Bonchev–Trinajstić information content (AvgIpc) is 2.51. The van der Waals surface area contributed by atoms with Crippen molar-refractivity contribution in [2.75, 3.05) is 11.5 Å². The van der Waals surface area contributed by atoms with Crippen LogP contribution in [0.15, 0.2) is 24.3 Å². The first-order valence-electron chi connectivity index (χ1n) is 7.68. The summed E-state index contributed by atoms with van der Waals surface area (Å²) in [6, 6.07) is 4.66. The van der Waals surface area contributed by atoms with E-state index in [0.29, 0.717) is 19.3 Å². The maximum Gasteiger partial charge on any atom is 0.416 e. The Labute approximate surface area is 138 Å². The van der Waals surface area contributed by atoms with Gasteiger partial charge in [0.1, 0.15) is 16.4 Å². The van der Waals surface area contributed by atoms with Crippen LogP contribution in [0.2, 0.25) is 0 Å². The number of esters is 1. The molecule has 0 aliphatic carbocycles. The molecule has 4 nitrogen and oxygen atoms in total. The number of alkyl halides is 3. The van der Waals surface area contributed by atoms with Crippen LogP contribution in [0.3, 0.4) is 0 Å². The fourth-order valence-electron chi connectivity index (χ4n) is 2.62. The molecule has 1 fully saturated rings. The first-order chi connectivity index (χ1) is 11.2. The maximum absolute atomic E-state index is 12.6. The van der Waals surface area contributed by atoms with E-state index in [1.54, 1.807) is 0 Å². The Kier molecular flexibility index (Phi) is 5.90. The second kappa shape index (κ2) is 7.55. The van der Waals surface area contributed by atoms with Gasteiger partial charge in [-0.15, -0.1) is 0 Å². The minimum atomic E-state index is -4.43. The average molecular weight is 364 g/mol. The number of sulfone groups is 1. The van der Waals surface area contributed by atoms with Crippen LogP contribution in [0.5, 0.6) is 0 Å². The monoisotopic (exact) mass is 364 g/mol. The Morgan fingerprint density at radius 3 is 2.50 bits per heavy atom. The molecule has 134 valence electrons. The molecule has 0 atom stereocenters. The molecular formula is C16H19F3O4S. The van der Waals surface area contributed by atoms with Gasteiger partial charge in [-0.05, 0) is 42.9 Å². The van der Waals surface area contributed by atoms with Gasteiger partial charge < -0.3 is 4.74 Å². The highest BCUT2D eigenvalue weighted by Gasteiger charge is 2.30. The van der Waals surface area contributed by atoms with Gasteiger partial charge in [-0.1, -0.05) is 12.1 Å². The van der Waals surface area contributed by atoms with Gasteiger partial charge in [-0.3, -0.25) is 4.79 Å². The van der Waals surface area contributed by atoms with Crippen LogP contribution in [-0.2, 0) is 32.2 Å². The second-order valence-electron chi connectivity index (χ2n) is 5.99. The van der Waals surface area contributed by atoms with Crippen LogP contribution >= 0.6 is 0 Å². The molecule has 1 saturated heterocycles. The molecule has 2 rings (SSSR count). The summed E-state index contributed by atoms with van der Waals surface area (Å²) in [6.07, 6.45) is -2.66. The molecule has 24 heavy (non-hydrogen) atoms. The zero-order valence-electron chi connectivity index (χ0n) is 13.0. The zero-order valence-corrected chi connectivity index (χ0v) is 13.8. The summed E-state index contributed by atoms with van der Waals surface area (Å²) in [7, 11) is -2.92. The van der Waals surface area contributed by atoms with Crippen LogP contribution in [-0.4, -0.2) is 25.9 Å². The number of benzene rings is 1. The fraction of sp³-hybridized carbons (Fsp3) is 0.562. The van der Waals surface area contributed by atoms with Crippen LogP contribution in [0.4, 0.5) is 13.2 Å². The molecule has 0 amide bonds. The highest BCUT2D eigenvalue weighted by Crippen LogP contribution is 2.29. The van der Waals surface area contributed by atoms with Gasteiger partial charge in [0.25, 0.3) is 0 Å². The summed E-state index contributed by atoms with van der Waals surface area (Å²) in [4.78, 5) is 11.7. The number of rotatable bonds is 5. The summed E-state index contributed by atoms with van der Waals surface area (Å²) in [5, 5.41) is 0. The summed E-state index contributed by atoms with van der Waals surface area (Å²) < 4.78 is 65.4. The third kappa shape index (κ3) is 5.81. The van der Waals surface area contributed by atoms with Crippen molar-refractivity contribution in [2.24, 2.45) is 5.92 Å². The van der Waals surface area contributed by atoms with E-state index in [2.05, 4.69) is 0 Å². The van der Waals surface area contributed by atoms with Gasteiger partial charge >= 0.3 is 12.1 Å². The predicted octanol–water partition coefficient (Wildman–Crippen LogP) is 3.35. The van der Waals surface area contributed by atoms with Gasteiger partial charge in [0.15, 0.2) is 0 Å². The van der Waals surface area contributed by atoms with E-state index in [0.717, 1.165) is 12.1 Å². The molecule has 0 bridgehead atoms. The third-order valence-electron chi connectivity index (χ3n) is 4.09. The van der Waals surface area contributed by atoms with Crippen molar-refractivity contribution in [3.8, 4) is 0 Å². The van der Waals surface area contributed by atoms with E-state index in [-0.39, 0.29) is 36.0 Å². The maximum atomic E-state index is 12.6. The molecule has 0 saturated carbocycles. The molecule has 1 heterocycles. The molecule has 0 spiro atoms. The van der Waals surface area contributed by atoms with E-state index in [4.69, 9.17) is 4.74 Å². The van der Waals surface area contributed by atoms with Crippen molar-refractivity contribution < 1.29 is 31.1 Å². The van der Waals surface area contributed by atoms with E-state index in [9.17, 15) is 26.4 Å². The Hall–Kier alpha value is -1.57. The van der Waals surface area contributed by atoms with E-state index < -0.39 is 27.5 Å². The van der Waals surface area contributed by atoms with Crippen molar-refractivity contribution in [3.05, 3.63) is 35.4 Å². The van der Waals surface area contributed by atoms with Gasteiger partial charge in [0.2, 0.25) is 0 Å². The molecule has 8 heteroatoms. The van der Waals surface area contributed by atoms with Crippen LogP contribution < -0.4 is 0 Å². The zero-order chi connectivity index (χ0) is 17.8. The Morgan fingerprint density at radius 1 is 1.21 bits per heavy atom. The molecular weight excluding hydrogens is 345 g/mol. The second-order valence-corrected chi connectivity index (χ2v) is 8.30. The first-order valence-corrected chi connectivity index (χ1v) is 9.50. The molecule has 0 radical (unpaired) electrons. The lowest BCUT2D eigenvalue weighted by molar-refractivity contribution is -0.145. The lowest BCUT2D eigenvalue weighted by Gasteiger charge is -2.21. The van der Waals surface area contributed by atoms with Crippen LogP contribution in [0, 0.1) is 5.92 Å². The minimum Gasteiger partial charge on any atom is -0.461 e. The van der Waals surface area contributed by atoms with Crippen molar-refractivity contribution >= 4 is 15.8 Å². The van der Waals surface area contributed by atoms with E-state index in [1.807, 2.05) is 0 Å². The van der Waals surface area contributed by atoms with Crippen molar-refractivity contribution in [1.82, 2.24) is 0 Å². The van der Waals surface area contributed by atoms with Crippen molar-refractivity contribution in [2.45, 2.75) is 38.5 Å². The summed E-state index contributed by atoms with van der Waals surface area (Å²) in [5.41, 5.74) is -0.499. The summed E-state index contributed by atoms with van der Waals surface area (Å²) >= 11 is 0.